The van der Waals surface area contributed by atoms with E-state index in [0.717, 1.165) is 42.5 Å². The molecule has 0 spiro atoms. The number of hydrogen-bond acceptors (Lipinski definition) is 7. The topological polar surface area (TPSA) is 128 Å². The number of halogens is 2. The summed E-state index contributed by atoms with van der Waals surface area (Å²) in [5.41, 5.74) is 8.90. The van der Waals surface area contributed by atoms with Gasteiger partial charge in [-0.1, -0.05) is 11.6 Å². The lowest BCUT2D eigenvalue weighted by molar-refractivity contribution is -0.119. The molecular weight excluding hydrogens is 483 g/mol. The van der Waals surface area contributed by atoms with Crippen molar-refractivity contribution in [3.63, 3.8) is 0 Å². The molecule has 3 heterocycles. The molecule has 0 amide bonds. The quantitative estimate of drug-likeness (QED) is 0.394. The van der Waals surface area contributed by atoms with Crippen molar-refractivity contribution in [2.75, 3.05) is 5.73 Å². The molecule has 36 heavy (non-hydrogen) atoms. The summed E-state index contributed by atoms with van der Waals surface area (Å²) in [5, 5.41) is 12.1. The van der Waals surface area contributed by atoms with Crippen LogP contribution in [0.1, 0.15) is 43.0 Å². The molecule has 3 atom stereocenters. The lowest BCUT2D eigenvalue weighted by Crippen LogP contribution is -2.22. The molecule has 0 saturated heterocycles. The largest absolute Gasteiger partial charge is 0.384 e. The SMILES string of the molecule is Nc1ccc(-c2cnc([C@@H]3CC[C@@H]4CCC(c5cc(Cl)ccc5-n5cnnn5)=CC(=O)C43)[nH]2)c(F)n1. The number of rotatable bonds is 4. The number of ketones is 1. The number of nitrogens with zero attached hydrogens (tertiary/aromatic N) is 6. The molecule has 1 unspecified atom stereocenters. The van der Waals surface area contributed by atoms with E-state index in [1.54, 1.807) is 35.2 Å². The Bertz CT molecular complexity index is 1480. The number of pyridine rings is 1. The molecule has 1 aromatic carbocycles. The van der Waals surface area contributed by atoms with E-state index in [0.29, 0.717) is 22.1 Å². The number of carbonyl (C=O) groups is 1. The summed E-state index contributed by atoms with van der Waals surface area (Å²) in [7, 11) is 0. The Kier molecular flexibility index (Phi) is 5.60. The molecule has 1 fully saturated rings. The number of nitrogens with one attached hydrogen (secondary N) is 1. The van der Waals surface area contributed by atoms with Crippen molar-refractivity contribution >= 4 is 28.8 Å². The second kappa shape index (κ2) is 8.94. The molecule has 0 radical (unpaired) electrons. The van der Waals surface area contributed by atoms with Gasteiger partial charge in [-0.25, -0.2) is 9.97 Å². The van der Waals surface area contributed by atoms with E-state index in [2.05, 4.69) is 30.5 Å². The second-order valence-electron chi connectivity index (χ2n) is 9.25. The zero-order chi connectivity index (χ0) is 24.8. The number of fused-ring (bicyclic) bond motifs is 1. The van der Waals surface area contributed by atoms with E-state index in [4.69, 9.17) is 17.3 Å². The van der Waals surface area contributed by atoms with Crippen LogP contribution in [0.4, 0.5) is 10.2 Å². The predicted molar refractivity (Wildman–Crippen MR) is 132 cm³/mol. The van der Waals surface area contributed by atoms with Gasteiger partial charge in [0.15, 0.2) is 5.78 Å². The molecule has 2 aliphatic rings. The molecule has 9 nitrogen and oxygen atoms in total. The van der Waals surface area contributed by atoms with E-state index in [9.17, 15) is 9.18 Å². The van der Waals surface area contributed by atoms with E-state index in [1.807, 2.05) is 12.1 Å². The Morgan fingerprint density at radius 2 is 2.03 bits per heavy atom. The minimum Gasteiger partial charge on any atom is -0.384 e. The summed E-state index contributed by atoms with van der Waals surface area (Å²) in [6, 6.07) is 8.60. The van der Waals surface area contributed by atoms with Crippen molar-refractivity contribution in [3.8, 4) is 16.9 Å². The van der Waals surface area contributed by atoms with Gasteiger partial charge in [-0.3, -0.25) is 4.79 Å². The van der Waals surface area contributed by atoms with E-state index in [1.165, 1.54) is 6.33 Å². The second-order valence-corrected chi connectivity index (χ2v) is 9.69. The number of anilines is 1. The number of aromatic amines is 1. The third kappa shape index (κ3) is 3.97. The third-order valence-electron chi connectivity index (χ3n) is 7.23. The van der Waals surface area contributed by atoms with Crippen LogP contribution >= 0.6 is 11.6 Å². The van der Waals surface area contributed by atoms with E-state index in [-0.39, 0.29) is 29.4 Å². The fourth-order valence-electron chi connectivity index (χ4n) is 5.58. The molecule has 3 N–H and O–H groups in total. The number of aromatic nitrogens is 7. The van der Waals surface area contributed by atoms with Crippen molar-refractivity contribution in [1.29, 1.82) is 0 Å². The Balaban J connectivity index is 1.32. The highest BCUT2D eigenvalue weighted by Crippen LogP contribution is 2.48. The van der Waals surface area contributed by atoms with Crippen LogP contribution in [0.5, 0.6) is 0 Å². The normalized spacial score (nSPS) is 21.8. The molecule has 3 aromatic heterocycles. The van der Waals surface area contributed by atoms with Crippen LogP contribution in [0.25, 0.3) is 22.5 Å². The molecular formula is C25H22ClFN8O. The van der Waals surface area contributed by atoms with Crippen LogP contribution < -0.4 is 5.73 Å². The van der Waals surface area contributed by atoms with Crippen LogP contribution in [-0.2, 0) is 4.79 Å². The van der Waals surface area contributed by atoms with Gasteiger partial charge < -0.3 is 10.7 Å². The molecule has 6 rings (SSSR count). The molecule has 4 aromatic rings. The smallest absolute Gasteiger partial charge is 0.224 e. The number of hydrogen-bond donors (Lipinski definition) is 2. The van der Waals surface area contributed by atoms with Gasteiger partial charge in [0, 0.05) is 22.4 Å². The Labute approximate surface area is 210 Å². The average Bonchev–Trinajstić information content (AvgIpc) is 3.61. The molecule has 0 aliphatic heterocycles. The average molecular weight is 505 g/mol. The highest BCUT2D eigenvalue weighted by Gasteiger charge is 2.43. The number of nitrogens with two attached hydrogens (primary N) is 1. The number of tetrazole rings is 1. The maximum absolute atomic E-state index is 14.4. The number of nitrogen functional groups attached to an aromatic ring is 1. The minimum atomic E-state index is -0.660. The molecule has 2 aliphatic carbocycles. The van der Waals surface area contributed by atoms with Gasteiger partial charge >= 0.3 is 0 Å². The first-order chi connectivity index (χ1) is 17.5. The zero-order valence-corrected chi connectivity index (χ0v) is 19.9. The minimum absolute atomic E-state index is 0.0657. The number of allylic oxidation sites excluding steroid dienone is 2. The van der Waals surface area contributed by atoms with Crippen molar-refractivity contribution in [1.82, 2.24) is 35.2 Å². The van der Waals surface area contributed by atoms with Crippen molar-refractivity contribution in [2.24, 2.45) is 11.8 Å². The Morgan fingerprint density at radius 3 is 2.83 bits per heavy atom. The zero-order valence-electron chi connectivity index (χ0n) is 19.1. The molecule has 0 bridgehead atoms. The van der Waals surface area contributed by atoms with Crippen LogP contribution in [-0.4, -0.2) is 40.9 Å². The van der Waals surface area contributed by atoms with Crippen molar-refractivity contribution < 1.29 is 9.18 Å². The van der Waals surface area contributed by atoms with Gasteiger partial charge in [0.2, 0.25) is 5.95 Å². The summed E-state index contributed by atoms with van der Waals surface area (Å²) < 4.78 is 15.9. The van der Waals surface area contributed by atoms with Crippen LogP contribution in [0.15, 0.2) is 48.9 Å². The van der Waals surface area contributed by atoms with Crippen molar-refractivity contribution in [3.05, 3.63) is 71.3 Å². The summed E-state index contributed by atoms with van der Waals surface area (Å²) in [6.07, 6.45) is 8.22. The fourth-order valence-corrected chi connectivity index (χ4v) is 5.76. The monoisotopic (exact) mass is 504 g/mol. The van der Waals surface area contributed by atoms with Crippen LogP contribution in [0.2, 0.25) is 5.02 Å². The lowest BCUT2D eigenvalue weighted by Gasteiger charge is -2.19. The fraction of sp³-hybridized carbons (Fsp3) is 0.280. The molecule has 182 valence electrons. The molecule has 11 heteroatoms. The number of imidazole rings is 1. The van der Waals surface area contributed by atoms with Crippen LogP contribution in [0, 0.1) is 17.8 Å². The summed E-state index contributed by atoms with van der Waals surface area (Å²) in [6.45, 7) is 0. The first-order valence-electron chi connectivity index (χ1n) is 11.7. The first kappa shape index (κ1) is 22.5. The highest BCUT2D eigenvalue weighted by atomic mass is 35.5. The van der Waals surface area contributed by atoms with Gasteiger partial charge in [-0.2, -0.15) is 9.07 Å². The van der Waals surface area contributed by atoms with Gasteiger partial charge in [0.25, 0.3) is 0 Å². The van der Waals surface area contributed by atoms with Gasteiger partial charge in [0.05, 0.1) is 23.1 Å². The van der Waals surface area contributed by atoms with E-state index < -0.39 is 5.95 Å². The van der Waals surface area contributed by atoms with Gasteiger partial charge in [-0.05, 0) is 84.0 Å². The first-order valence-corrected chi connectivity index (χ1v) is 12.1. The maximum Gasteiger partial charge on any atom is 0.224 e. The van der Waals surface area contributed by atoms with Crippen LogP contribution in [0.3, 0.4) is 0 Å². The Hall–Kier alpha value is -3.92. The molecule has 1 saturated carbocycles. The number of benzene rings is 1. The Morgan fingerprint density at radius 1 is 1.14 bits per heavy atom. The van der Waals surface area contributed by atoms with Crippen molar-refractivity contribution in [2.45, 2.75) is 31.6 Å². The maximum atomic E-state index is 14.4. The van der Waals surface area contributed by atoms with Gasteiger partial charge in [-0.15, -0.1) is 5.10 Å². The lowest BCUT2D eigenvalue weighted by atomic mass is 9.84. The number of carbonyl (C=O) groups excluding carboxylic acids is 1. The highest BCUT2D eigenvalue weighted by molar-refractivity contribution is 6.30. The van der Waals surface area contributed by atoms with Gasteiger partial charge in [0.1, 0.15) is 18.0 Å². The third-order valence-corrected chi connectivity index (χ3v) is 7.46. The summed E-state index contributed by atoms with van der Waals surface area (Å²) in [4.78, 5) is 25.1. The summed E-state index contributed by atoms with van der Waals surface area (Å²) in [5.74, 6) is 0.167. The predicted octanol–water partition coefficient (Wildman–Crippen LogP) is 4.38. The number of H-pyrrole nitrogens is 1. The van der Waals surface area contributed by atoms with E-state index >= 15 is 0 Å². The standard InChI is InChI=1S/C25H22ClFN8O/c26-15-4-7-20(35-12-30-33-34-35)18(10-15)14-2-1-13-3-5-17(23(13)21(36)9-14)25-29-11-19(31-25)16-6-8-22(28)32-24(16)27/h4,6-13,17,23H,1-3,5H2,(H2,28,32)(H,29,31)/t13-,17+,23?/m0/s1. The summed E-state index contributed by atoms with van der Waals surface area (Å²) >= 11 is 6.32.